The summed E-state index contributed by atoms with van der Waals surface area (Å²) in [5.74, 6) is 5.44. The van der Waals surface area contributed by atoms with Gasteiger partial charge in [0.25, 0.3) is 0 Å². The van der Waals surface area contributed by atoms with Crippen LogP contribution in [0, 0.1) is 11.8 Å². The van der Waals surface area contributed by atoms with Crippen molar-refractivity contribution in [2.75, 3.05) is 26.2 Å². The first-order valence-electron chi connectivity index (χ1n) is 6.87. The average molecular weight is 306 g/mol. The van der Waals surface area contributed by atoms with Crippen molar-refractivity contribution in [3.63, 3.8) is 0 Å². The Bertz CT molecular complexity index is 585. The van der Waals surface area contributed by atoms with Gasteiger partial charge in [0.2, 0.25) is 11.8 Å². The Morgan fingerprint density at radius 2 is 2.00 bits per heavy atom. The SMILES string of the molecule is CCCN1CC(=O)N(Cc2sccc2C#CCO)CC1=O. The predicted molar refractivity (Wildman–Crippen MR) is 80.6 cm³/mol. The maximum Gasteiger partial charge on any atom is 0.242 e. The molecule has 1 saturated heterocycles. The van der Waals surface area contributed by atoms with Crippen LogP contribution in [0.1, 0.15) is 23.8 Å². The normalized spacial score (nSPS) is 15.1. The topological polar surface area (TPSA) is 60.9 Å². The van der Waals surface area contributed by atoms with Crippen LogP contribution in [-0.2, 0) is 16.1 Å². The zero-order valence-corrected chi connectivity index (χ0v) is 12.8. The molecule has 112 valence electrons. The van der Waals surface area contributed by atoms with Crippen molar-refractivity contribution in [3.05, 3.63) is 21.9 Å². The molecular weight excluding hydrogens is 288 g/mol. The van der Waals surface area contributed by atoms with Gasteiger partial charge in [0.15, 0.2) is 0 Å². The third-order valence-corrected chi connectivity index (χ3v) is 4.14. The van der Waals surface area contributed by atoms with Crippen molar-refractivity contribution < 1.29 is 14.7 Å². The standard InChI is InChI=1S/C15H18N2O3S/c1-2-6-16-10-15(20)17(11-14(16)19)9-13-12(4-3-7-18)5-8-21-13/h5,8,18H,2,6-7,9-11H2,1H3. The summed E-state index contributed by atoms with van der Waals surface area (Å²) in [4.78, 5) is 28.3. The molecule has 1 N–H and O–H groups in total. The van der Waals surface area contributed by atoms with E-state index in [0.29, 0.717) is 13.1 Å². The van der Waals surface area contributed by atoms with Crippen molar-refractivity contribution in [3.8, 4) is 11.8 Å². The van der Waals surface area contributed by atoms with E-state index >= 15 is 0 Å². The molecule has 0 saturated carbocycles. The van der Waals surface area contributed by atoms with Gasteiger partial charge in [0.1, 0.15) is 13.2 Å². The van der Waals surface area contributed by atoms with Crippen LogP contribution in [0.4, 0.5) is 0 Å². The molecule has 2 amide bonds. The fourth-order valence-electron chi connectivity index (χ4n) is 2.20. The van der Waals surface area contributed by atoms with Crippen LogP contribution in [0.3, 0.4) is 0 Å². The van der Waals surface area contributed by atoms with E-state index in [1.165, 1.54) is 11.3 Å². The van der Waals surface area contributed by atoms with E-state index in [9.17, 15) is 9.59 Å². The van der Waals surface area contributed by atoms with Gasteiger partial charge in [-0.05, 0) is 17.9 Å². The summed E-state index contributed by atoms with van der Waals surface area (Å²) in [5, 5.41) is 10.6. The molecule has 0 aromatic carbocycles. The van der Waals surface area contributed by atoms with Gasteiger partial charge < -0.3 is 14.9 Å². The second kappa shape index (κ2) is 7.25. The van der Waals surface area contributed by atoms with Crippen molar-refractivity contribution in [2.24, 2.45) is 0 Å². The van der Waals surface area contributed by atoms with Crippen LogP contribution in [0.5, 0.6) is 0 Å². The Kier molecular flexibility index (Phi) is 5.37. The third-order valence-electron chi connectivity index (χ3n) is 3.23. The molecule has 1 aliphatic rings. The number of hydrogen-bond donors (Lipinski definition) is 1. The second-order valence-electron chi connectivity index (χ2n) is 4.78. The lowest BCUT2D eigenvalue weighted by molar-refractivity contribution is -0.150. The summed E-state index contributed by atoms with van der Waals surface area (Å²) in [6.45, 7) is 3.12. The van der Waals surface area contributed by atoms with Gasteiger partial charge in [-0.2, -0.15) is 0 Å². The van der Waals surface area contributed by atoms with Crippen LogP contribution in [0.2, 0.25) is 0 Å². The van der Waals surface area contributed by atoms with Gasteiger partial charge in [-0.1, -0.05) is 18.8 Å². The molecule has 0 unspecified atom stereocenters. The number of thiophene rings is 1. The molecule has 1 aromatic heterocycles. The van der Waals surface area contributed by atoms with Crippen LogP contribution < -0.4 is 0 Å². The highest BCUT2D eigenvalue weighted by Crippen LogP contribution is 2.19. The molecule has 6 heteroatoms. The highest BCUT2D eigenvalue weighted by molar-refractivity contribution is 7.10. The zero-order valence-electron chi connectivity index (χ0n) is 12.0. The quantitative estimate of drug-likeness (QED) is 0.832. The first kappa shape index (κ1) is 15.5. The number of carbonyl (C=O) groups is 2. The van der Waals surface area contributed by atoms with Crippen LogP contribution in [0.25, 0.3) is 0 Å². The van der Waals surface area contributed by atoms with E-state index in [-0.39, 0.29) is 31.5 Å². The van der Waals surface area contributed by atoms with Crippen molar-refractivity contribution in [1.82, 2.24) is 9.80 Å². The number of aliphatic hydroxyl groups is 1. The number of rotatable bonds is 4. The Labute approximate surface area is 128 Å². The van der Waals surface area contributed by atoms with Gasteiger partial charge >= 0.3 is 0 Å². The number of carbonyl (C=O) groups excluding carboxylic acids is 2. The Morgan fingerprint density at radius 1 is 1.29 bits per heavy atom. The van der Waals surface area contributed by atoms with E-state index in [2.05, 4.69) is 11.8 Å². The van der Waals surface area contributed by atoms with Crippen molar-refractivity contribution in [1.29, 1.82) is 0 Å². The number of nitrogens with zero attached hydrogens (tertiary/aromatic N) is 2. The lowest BCUT2D eigenvalue weighted by atomic mass is 10.2. The van der Waals surface area contributed by atoms with Gasteiger partial charge in [-0.15, -0.1) is 11.3 Å². The summed E-state index contributed by atoms with van der Waals surface area (Å²) in [6, 6.07) is 1.86. The Morgan fingerprint density at radius 3 is 2.71 bits per heavy atom. The van der Waals surface area contributed by atoms with Gasteiger partial charge in [-0.25, -0.2) is 0 Å². The van der Waals surface area contributed by atoms with Crippen molar-refractivity contribution in [2.45, 2.75) is 19.9 Å². The van der Waals surface area contributed by atoms with Crippen LogP contribution in [0.15, 0.2) is 11.4 Å². The molecule has 2 heterocycles. The maximum absolute atomic E-state index is 12.1. The first-order chi connectivity index (χ1) is 10.2. The summed E-state index contributed by atoms with van der Waals surface area (Å²) in [6.07, 6.45) is 0.852. The number of hydrogen-bond acceptors (Lipinski definition) is 4. The summed E-state index contributed by atoms with van der Waals surface area (Å²) < 4.78 is 0. The minimum Gasteiger partial charge on any atom is -0.384 e. The van der Waals surface area contributed by atoms with E-state index < -0.39 is 0 Å². The third kappa shape index (κ3) is 3.84. The minimum atomic E-state index is -0.192. The second-order valence-corrected chi connectivity index (χ2v) is 5.78. The summed E-state index contributed by atoms with van der Waals surface area (Å²) in [7, 11) is 0. The lowest BCUT2D eigenvalue weighted by Crippen LogP contribution is -2.53. The maximum atomic E-state index is 12.1. The average Bonchev–Trinajstić information content (AvgIpc) is 2.89. The molecule has 1 fully saturated rings. The molecular formula is C15H18N2O3S. The van der Waals surface area contributed by atoms with E-state index in [0.717, 1.165) is 16.9 Å². The van der Waals surface area contributed by atoms with E-state index in [1.807, 2.05) is 18.4 Å². The molecule has 0 spiro atoms. The smallest absolute Gasteiger partial charge is 0.242 e. The van der Waals surface area contributed by atoms with E-state index in [1.54, 1.807) is 9.80 Å². The van der Waals surface area contributed by atoms with Crippen LogP contribution >= 0.6 is 11.3 Å². The van der Waals surface area contributed by atoms with E-state index in [4.69, 9.17) is 5.11 Å². The predicted octanol–water partition coefficient (Wildman–Crippen LogP) is 0.673. The number of piperazine rings is 1. The van der Waals surface area contributed by atoms with Crippen LogP contribution in [-0.4, -0.2) is 53.0 Å². The minimum absolute atomic E-state index is 0.00371. The Balaban J connectivity index is 2.05. The Hall–Kier alpha value is -1.84. The highest BCUT2D eigenvalue weighted by atomic mass is 32.1. The van der Waals surface area contributed by atoms with Gasteiger partial charge in [0.05, 0.1) is 13.1 Å². The molecule has 0 aliphatic carbocycles. The summed E-state index contributed by atoms with van der Waals surface area (Å²) >= 11 is 1.51. The first-order valence-corrected chi connectivity index (χ1v) is 7.75. The summed E-state index contributed by atoms with van der Waals surface area (Å²) in [5.41, 5.74) is 0.810. The molecule has 0 radical (unpaired) electrons. The largest absolute Gasteiger partial charge is 0.384 e. The number of amides is 2. The molecule has 1 aromatic rings. The number of aliphatic hydroxyl groups excluding tert-OH is 1. The molecule has 5 nitrogen and oxygen atoms in total. The molecule has 0 bridgehead atoms. The van der Waals surface area contributed by atoms with Gasteiger partial charge in [0, 0.05) is 17.0 Å². The fourth-order valence-corrected chi connectivity index (χ4v) is 3.05. The molecule has 0 atom stereocenters. The lowest BCUT2D eigenvalue weighted by Gasteiger charge is -2.33. The highest BCUT2D eigenvalue weighted by Gasteiger charge is 2.29. The fraction of sp³-hybridized carbons (Fsp3) is 0.467. The van der Waals surface area contributed by atoms with Crippen molar-refractivity contribution >= 4 is 23.2 Å². The monoisotopic (exact) mass is 306 g/mol. The molecule has 1 aliphatic heterocycles. The molecule has 2 rings (SSSR count). The van der Waals surface area contributed by atoms with Gasteiger partial charge in [-0.3, -0.25) is 9.59 Å². The molecule has 21 heavy (non-hydrogen) atoms. The zero-order chi connectivity index (χ0) is 15.2.